The number of aromatic nitrogens is 1. The van der Waals surface area contributed by atoms with Crippen molar-refractivity contribution >= 4 is 17.3 Å². The number of hydrogen-bond acceptors (Lipinski definition) is 3. The van der Waals surface area contributed by atoms with Crippen molar-refractivity contribution in [1.29, 1.82) is 0 Å². The van der Waals surface area contributed by atoms with Gasteiger partial charge in [0.1, 0.15) is 12.4 Å². The Bertz CT molecular complexity index is 949. The first kappa shape index (κ1) is 17.9. The molecule has 0 aliphatic heterocycles. The highest BCUT2D eigenvalue weighted by atomic mass is 35.5. The molecule has 3 aromatic rings. The topological polar surface area (TPSA) is 34.1 Å². The van der Waals surface area contributed by atoms with Crippen LogP contribution in [0.5, 0.6) is 5.75 Å². The maximum Gasteiger partial charge on any atom is 0.122 e. The third-order valence-electron chi connectivity index (χ3n) is 5.07. The second-order valence-corrected chi connectivity index (χ2v) is 7.46. The molecule has 0 spiro atoms. The summed E-state index contributed by atoms with van der Waals surface area (Å²) in [5.74, 6) is 1.59. The number of nitrogens with one attached hydrogen (secondary N) is 1. The first-order valence-corrected chi connectivity index (χ1v) is 9.68. The van der Waals surface area contributed by atoms with Crippen LogP contribution in [-0.2, 0) is 6.61 Å². The lowest BCUT2D eigenvalue weighted by atomic mass is 10.0. The summed E-state index contributed by atoms with van der Waals surface area (Å²) >= 11 is 5.93. The molecule has 0 saturated heterocycles. The molecule has 1 N–H and O–H groups in total. The van der Waals surface area contributed by atoms with Crippen molar-refractivity contribution in [3.05, 3.63) is 76.4 Å². The zero-order valence-electron chi connectivity index (χ0n) is 15.6. The Hall–Kier alpha value is -2.52. The van der Waals surface area contributed by atoms with Gasteiger partial charge in [0.05, 0.1) is 10.7 Å². The maximum absolute atomic E-state index is 6.21. The fourth-order valence-electron chi connectivity index (χ4n) is 3.44. The number of anilines is 1. The van der Waals surface area contributed by atoms with Crippen molar-refractivity contribution in [2.45, 2.75) is 32.3 Å². The molecule has 1 saturated carbocycles. The van der Waals surface area contributed by atoms with E-state index in [1.165, 1.54) is 24.0 Å². The van der Waals surface area contributed by atoms with Gasteiger partial charge in [-0.15, -0.1) is 0 Å². The van der Waals surface area contributed by atoms with Crippen LogP contribution in [0.1, 0.15) is 35.4 Å². The van der Waals surface area contributed by atoms with Crippen molar-refractivity contribution in [1.82, 2.24) is 4.98 Å². The molecule has 0 bridgehead atoms. The minimum atomic E-state index is 0.572. The number of nitrogens with zero attached hydrogens (tertiary/aromatic N) is 1. The van der Waals surface area contributed by atoms with Gasteiger partial charge in [-0.3, -0.25) is 4.98 Å². The van der Waals surface area contributed by atoms with E-state index < -0.39 is 0 Å². The van der Waals surface area contributed by atoms with Gasteiger partial charge >= 0.3 is 0 Å². The van der Waals surface area contributed by atoms with Crippen molar-refractivity contribution in [3.63, 3.8) is 0 Å². The lowest BCUT2D eigenvalue weighted by Crippen LogP contribution is -2.05. The van der Waals surface area contributed by atoms with Gasteiger partial charge in [0.15, 0.2) is 0 Å². The largest absolute Gasteiger partial charge is 0.489 e. The first-order valence-electron chi connectivity index (χ1n) is 9.30. The van der Waals surface area contributed by atoms with Crippen LogP contribution in [0.15, 0.2) is 54.7 Å². The minimum Gasteiger partial charge on any atom is -0.489 e. The molecule has 1 aliphatic rings. The number of rotatable bonds is 6. The van der Waals surface area contributed by atoms with E-state index in [1.807, 2.05) is 31.3 Å². The molecule has 1 heterocycles. The van der Waals surface area contributed by atoms with E-state index in [-0.39, 0.29) is 0 Å². The summed E-state index contributed by atoms with van der Waals surface area (Å²) in [6, 6.07) is 16.5. The highest BCUT2D eigenvalue weighted by Gasteiger charge is 2.27. The summed E-state index contributed by atoms with van der Waals surface area (Å²) in [6.45, 7) is 2.64. The molecule has 4 heteroatoms. The standard InChI is InChI=1S/C23H23ClN2O/c1-15-12-17(21-10-9-18(24)13-26-21)8-11-23(15)27-14-20-19(16-6-7-16)4-3-5-22(20)25-2/h3-5,8-13,16,25H,6-7,14H2,1-2H3. The average molecular weight is 379 g/mol. The van der Waals surface area contributed by atoms with E-state index in [4.69, 9.17) is 16.3 Å². The molecule has 0 atom stereocenters. The van der Waals surface area contributed by atoms with Gasteiger partial charge in [-0.05, 0) is 73.2 Å². The fourth-order valence-corrected chi connectivity index (χ4v) is 3.56. The van der Waals surface area contributed by atoms with Crippen LogP contribution in [0.3, 0.4) is 0 Å². The van der Waals surface area contributed by atoms with Gasteiger partial charge in [-0.25, -0.2) is 0 Å². The second kappa shape index (κ2) is 7.61. The van der Waals surface area contributed by atoms with Gasteiger partial charge in [-0.2, -0.15) is 0 Å². The van der Waals surface area contributed by atoms with E-state index in [0.717, 1.165) is 28.3 Å². The fraction of sp³-hybridized carbons (Fsp3) is 0.261. The lowest BCUT2D eigenvalue weighted by molar-refractivity contribution is 0.303. The molecule has 0 radical (unpaired) electrons. The van der Waals surface area contributed by atoms with E-state index in [1.54, 1.807) is 6.20 Å². The van der Waals surface area contributed by atoms with Gasteiger partial charge < -0.3 is 10.1 Å². The highest BCUT2D eigenvalue weighted by Crippen LogP contribution is 2.43. The third-order valence-corrected chi connectivity index (χ3v) is 5.29. The smallest absolute Gasteiger partial charge is 0.122 e. The van der Waals surface area contributed by atoms with Gasteiger partial charge in [-0.1, -0.05) is 23.7 Å². The molecule has 138 valence electrons. The Morgan fingerprint density at radius 2 is 2.00 bits per heavy atom. The molecular weight excluding hydrogens is 356 g/mol. The summed E-state index contributed by atoms with van der Waals surface area (Å²) in [5.41, 5.74) is 6.90. The normalized spacial score (nSPS) is 13.4. The minimum absolute atomic E-state index is 0.572. The molecule has 3 nitrogen and oxygen atoms in total. The van der Waals surface area contributed by atoms with E-state index in [2.05, 4.69) is 41.5 Å². The van der Waals surface area contributed by atoms with Crippen molar-refractivity contribution < 1.29 is 4.74 Å². The number of halogens is 1. The molecule has 2 aromatic carbocycles. The number of pyridine rings is 1. The van der Waals surface area contributed by atoms with Crippen molar-refractivity contribution in [3.8, 4) is 17.0 Å². The summed E-state index contributed by atoms with van der Waals surface area (Å²) in [5, 5.41) is 3.95. The first-order chi connectivity index (χ1) is 13.2. The van der Waals surface area contributed by atoms with Crippen LogP contribution in [0.2, 0.25) is 5.02 Å². The molecule has 1 aliphatic carbocycles. The Kier molecular flexibility index (Phi) is 5.04. The molecule has 0 amide bonds. The third kappa shape index (κ3) is 3.93. The van der Waals surface area contributed by atoms with Crippen LogP contribution in [-0.4, -0.2) is 12.0 Å². The summed E-state index contributed by atoms with van der Waals surface area (Å²) in [7, 11) is 1.97. The van der Waals surface area contributed by atoms with Crippen LogP contribution < -0.4 is 10.1 Å². The molecular formula is C23H23ClN2O. The summed E-state index contributed by atoms with van der Waals surface area (Å²) < 4.78 is 6.21. The predicted octanol–water partition coefficient (Wildman–Crippen LogP) is 6.21. The van der Waals surface area contributed by atoms with Crippen molar-refractivity contribution in [2.24, 2.45) is 0 Å². The Labute approximate surface area is 165 Å². The van der Waals surface area contributed by atoms with E-state index in [9.17, 15) is 0 Å². The van der Waals surface area contributed by atoms with Gasteiger partial charge in [0, 0.05) is 30.1 Å². The monoisotopic (exact) mass is 378 g/mol. The van der Waals surface area contributed by atoms with E-state index in [0.29, 0.717) is 17.5 Å². The Balaban J connectivity index is 1.55. The zero-order chi connectivity index (χ0) is 18.8. The number of benzene rings is 2. The van der Waals surface area contributed by atoms with Gasteiger partial charge in [0.25, 0.3) is 0 Å². The average Bonchev–Trinajstić information content (AvgIpc) is 3.52. The summed E-state index contributed by atoms with van der Waals surface area (Å²) in [6.07, 6.45) is 4.23. The molecule has 4 rings (SSSR count). The number of aryl methyl sites for hydroxylation is 1. The Morgan fingerprint density at radius 3 is 2.67 bits per heavy atom. The quantitative estimate of drug-likeness (QED) is 0.553. The highest BCUT2D eigenvalue weighted by molar-refractivity contribution is 6.30. The number of hydrogen-bond donors (Lipinski definition) is 1. The summed E-state index contributed by atoms with van der Waals surface area (Å²) in [4.78, 5) is 4.39. The van der Waals surface area contributed by atoms with Crippen LogP contribution in [0, 0.1) is 6.92 Å². The Morgan fingerprint density at radius 1 is 1.15 bits per heavy atom. The molecule has 0 unspecified atom stereocenters. The van der Waals surface area contributed by atoms with Crippen molar-refractivity contribution in [2.75, 3.05) is 12.4 Å². The number of ether oxygens (including phenoxy) is 1. The predicted molar refractivity (Wildman–Crippen MR) is 112 cm³/mol. The molecule has 1 fully saturated rings. The van der Waals surface area contributed by atoms with Gasteiger partial charge in [0.2, 0.25) is 0 Å². The molecule has 1 aromatic heterocycles. The van der Waals surface area contributed by atoms with Crippen LogP contribution >= 0.6 is 11.6 Å². The lowest BCUT2D eigenvalue weighted by Gasteiger charge is -2.16. The maximum atomic E-state index is 6.21. The van der Waals surface area contributed by atoms with E-state index >= 15 is 0 Å². The van der Waals surface area contributed by atoms with Crippen LogP contribution in [0.25, 0.3) is 11.3 Å². The van der Waals surface area contributed by atoms with Crippen LogP contribution in [0.4, 0.5) is 5.69 Å². The SMILES string of the molecule is CNc1cccc(C2CC2)c1COc1ccc(-c2ccc(Cl)cn2)cc1C. The second-order valence-electron chi connectivity index (χ2n) is 7.03. The molecule has 27 heavy (non-hydrogen) atoms. The zero-order valence-corrected chi connectivity index (χ0v) is 16.4.